The molecule has 0 radical (unpaired) electrons. The molecule has 1 amide bonds. The van der Waals surface area contributed by atoms with Gasteiger partial charge >= 0.3 is 6.18 Å². The number of aromatic nitrogens is 3. The Kier molecular flexibility index (Phi) is 3.18. The van der Waals surface area contributed by atoms with Crippen LogP contribution in [0, 0.1) is 5.92 Å². The van der Waals surface area contributed by atoms with E-state index in [9.17, 15) is 18.0 Å². The van der Waals surface area contributed by atoms with Crippen molar-refractivity contribution < 1.29 is 18.0 Å². The molecule has 1 aromatic heterocycles. The number of alkyl halides is 3. The standard InChI is InChI=1S/C12H15F3N4O/c13-12(14,15)8-2-1-5-19(6-8)11(20)10-16-9(17-18-10)7-3-4-7/h7-8H,1-6H2,(H,16,17,18). The number of halogens is 3. The molecular weight excluding hydrogens is 273 g/mol. The van der Waals surface area contributed by atoms with Crippen LogP contribution in [0.15, 0.2) is 0 Å². The molecule has 1 saturated heterocycles. The van der Waals surface area contributed by atoms with Gasteiger partial charge < -0.3 is 4.90 Å². The molecule has 20 heavy (non-hydrogen) atoms. The molecule has 2 fully saturated rings. The van der Waals surface area contributed by atoms with Crippen molar-refractivity contribution in [3.8, 4) is 0 Å². The number of hydrogen-bond donors (Lipinski definition) is 1. The number of piperidine rings is 1. The Morgan fingerprint density at radius 3 is 2.70 bits per heavy atom. The number of aromatic amines is 1. The molecule has 110 valence electrons. The third kappa shape index (κ3) is 2.64. The fourth-order valence-electron chi connectivity index (χ4n) is 2.48. The average molecular weight is 288 g/mol. The molecule has 1 aromatic rings. The van der Waals surface area contributed by atoms with Crippen LogP contribution in [0.5, 0.6) is 0 Å². The van der Waals surface area contributed by atoms with Crippen molar-refractivity contribution in [1.29, 1.82) is 0 Å². The monoisotopic (exact) mass is 288 g/mol. The van der Waals surface area contributed by atoms with Gasteiger partial charge in [-0.3, -0.25) is 9.89 Å². The SMILES string of the molecule is O=C(c1n[nH]c(C2CC2)n1)N1CCCC(C(F)(F)F)C1. The van der Waals surface area contributed by atoms with Crippen molar-refractivity contribution in [3.63, 3.8) is 0 Å². The molecule has 2 aliphatic rings. The summed E-state index contributed by atoms with van der Waals surface area (Å²) < 4.78 is 38.2. The van der Waals surface area contributed by atoms with E-state index in [1.165, 1.54) is 4.90 Å². The maximum Gasteiger partial charge on any atom is 0.393 e. The highest BCUT2D eigenvalue weighted by Gasteiger charge is 2.43. The Bertz CT molecular complexity index is 509. The number of carbonyl (C=O) groups excluding carboxylic acids is 1. The quantitative estimate of drug-likeness (QED) is 0.906. The molecule has 0 bridgehead atoms. The number of nitrogens with zero attached hydrogens (tertiary/aromatic N) is 3. The van der Waals surface area contributed by atoms with Crippen LogP contribution < -0.4 is 0 Å². The number of H-pyrrole nitrogens is 1. The van der Waals surface area contributed by atoms with Crippen LogP contribution in [0.3, 0.4) is 0 Å². The van der Waals surface area contributed by atoms with Crippen LogP contribution in [0.25, 0.3) is 0 Å². The lowest BCUT2D eigenvalue weighted by atomic mass is 9.97. The van der Waals surface area contributed by atoms with Crippen LogP contribution in [0.4, 0.5) is 13.2 Å². The van der Waals surface area contributed by atoms with Crippen molar-refractivity contribution in [1.82, 2.24) is 20.1 Å². The van der Waals surface area contributed by atoms with E-state index < -0.39 is 18.0 Å². The van der Waals surface area contributed by atoms with Gasteiger partial charge in [-0.15, -0.1) is 5.10 Å². The molecule has 1 aliphatic carbocycles. The van der Waals surface area contributed by atoms with Crippen molar-refractivity contribution in [2.75, 3.05) is 13.1 Å². The molecule has 0 aromatic carbocycles. The summed E-state index contributed by atoms with van der Waals surface area (Å²) in [6.45, 7) is 0.0361. The molecule has 1 saturated carbocycles. The van der Waals surface area contributed by atoms with Gasteiger partial charge in [0, 0.05) is 19.0 Å². The number of amides is 1. The largest absolute Gasteiger partial charge is 0.393 e. The van der Waals surface area contributed by atoms with E-state index in [0.29, 0.717) is 24.7 Å². The van der Waals surface area contributed by atoms with E-state index in [2.05, 4.69) is 15.2 Å². The van der Waals surface area contributed by atoms with Gasteiger partial charge in [-0.25, -0.2) is 4.98 Å². The van der Waals surface area contributed by atoms with E-state index in [0.717, 1.165) is 12.8 Å². The highest BCUT2D eigenvalue weighted by Crippen LogP contribution is 2.38. The number of likely N-dealkylation sites (tertiary alicyclic amines) is 1. The first-order chi connectivity index (χ1) is 9.45. The summed E-state index contributed by atoms with van der Waals surface area (Å²) in [4.78, 5) is 17.4. The number of carbonyl (C=O) groups is 1. The molecule has 2 heterocycles. The predicted molar refractivity (Wildman–Crippen MR) is 63.0 cm³/mol. The van der Waals surface area contributed by atoms with Gasteiger partial charge in [0.15, 0.2) is 0 Å². The van der Waals surface area contributed by atoms with E-state index in [4.69, 9.17) is 0 Å². The first-order valence-corrected chi connectivity index (χ1v) is 6.73. The fourth-order valence-corrected chi connectivity index (χ4v) is 2.48. The van der Waals surface area contributed by atoms with E-state index in [1.807, 2.05) is 0 Å². The summed E-state index contributed by atoms with van der Waals surface area (Å²) in [6, 6.07) is 0. The van der Waals surface area contributed by atoms with Crippen molar-refractivity contribution in [2.24, 2.45) is 5.92 Å². The Hall–Kier alpha value is -1.60. The molecule has 5 nitrogen and oxygen atoms in total. The first-order valence-electron chi connectivity index (χ1n) is 6.73. The van der Waals surface area contributed by atoms with Gasteiger partial charge in [0.2, 0.25) is 5.82 Å². The summed E-state index contributed by atoms with van der Waals surface area (Å²) in [5.41, 5.74) is 0. The molecule has 1 unspecified atom stereocenters. The van der Waals surface area contributed by atoms with Crippen LogP contribution in [-0.4, -0.2) is 45.3 Å². The second-order valence-electron chi connectivity index (χ2n) is 5.45. The van der Waals surface area contributed by atoms with Crippen LogP contribution in [0.2, 0.25) is 0 Å². The number of hydrogen-bond acceptors (Lipinski definition) is 3. The third-order valence-electron chi connectivity index (χ3n) is 3.83. The smallest absolute Gasteiger partial charge is 0.335 e. The van der Waals surface area contributed by atoms with Crippen LogP contribution in [0.1, 0.15) is 48.0 Å². The summed E-state index contributed by atoms with van der Waals surface area (Å²) in [7, 11) is 0. The van der Waals surface area contributed by atoms with Crippen molar-refractivity contribution in [3.05, 3.63) is 11.6 Å². The summed E-state index contributed by atoms with van der Waals surface area (Å²) >= 11 is 0. The lowest BCUT2D eigenvalue weighted by Crippen LogP contribution is -2.44. The highest BCUT2D eigenvalue weighted by molar-refractivity contribution is 5.90. The number of nitrogens with one attached hydrogen (secondary N) is 1. The molecule has 8 heteroatoms. The van der Waals surface area contributed by atoms with E-state index >= 15 is 0 Å². The average Bonchev–Trinajstić information content (AvgIpc) is 3.15. The van der Waals surface area contributed by atoms with Crippen LogP contribution >= 0.6 is 0 Å². The summed E-state index contributed by atoms with van der Waals surface area (Å²) in [5, 5.41) is 6.53. The van der Waals surface area contributed by atoms with Gasteiger partial charge in [-0.2, -0.15) is 13.2 Å². The van der Waals surface area contributed by atoms with E-state index in [-0.39, 0.29) is 18.8 Å². The predicted octanol–water partition coefficient (Wildman–Crippen LogP) is 2.10. The topological polar surface area (TPSA) is 61.9 Å². The minimum Gasteiger partial charge on any atom is -0.335 e. The van der Waals surface area contributed by atoms with Gasteiger partial charge in [-0.1, -0.05) is 0 Å². The van der Waals surface area contributed by atoms with Gasteiger partial charge in [0.1, 0.15) is 5.82 Å². The lowest BCUT2D eigenvalue weighted by Gasteiger charge is -2.33. The van der Waals surface area contributed by atoms with Gasteiger partial charge in [-0.05, 0) is 25.7 Å². The fraction of sp³-hybridized carbons (Fsp3) is 0.750. The molecule has 1 N–H and O–H groups in total. The van der Waals surface area contributed by atoms with E-state index in [1.54, 1.807) is 0 Å². The molecule has 1 atom stereocenters. The Balaban J connectivity index is 1.69. The van der Waals surface area contributed by atoms with Crippen LogP contribution in [-0.2, 0) is 0 Å². The first kappa shape index (κ1) is 13.4. The molecule has 0 spiro atoms. The van der Waals surface area contributed by atoms with Gasteiger partial charge in [0.05, 0.1) is 5.92 Å². The Labute approximate surface area is 113 Å². The van der Waals surface area contributed by atoms with Gasteiger partial charge in [0.25, 0.3) is 5.91 Å². The zero-order valence-corrected chi connectivity index (χ0v) is 10.8. The highest BCUT2D eigenvalue weighted by atomic mass is 19.4. The molecular formula is C12H15F3N4O. The van der Waals surface area contributed by atoms with Crippen molar-refractivity contribution >= 4 is 5.91 Å². The minimum absolute atomic E-state index is 0.0188. The second-order valence-corrected chi connectivity index (χ2v) is 5.45. The maximum absolute atomic E-state index is 12.7. The Morgan fingerprint density at radius 2 is 2.05 bits per heavy atom. The Morgan fingerprint density at radius 1 is 1.30 bits per heavy atom. The minimum atomic E-state index is -4.25. The normalized spacial score (nSPS) is 23.9. The van der Waals surface area contributed by atoms with Crippen molar-refractivity contribution in [2.45, 2.75) is 37.8 Å². The summed E-state index contributed by atoms with van der Waals surface area (Å²) in [5.74, 6) is -0.982. The maximum atomic E-state index is 12.7. The number of rotatable bonds is 2. The molecule has 3 rings (SSSR count). The zero-order valence-electron chi connectivity index (χ0n) is 10.8. The third-order valence-corrected chi connectivity index (χ3v) is 3.83. The molecule has 1 aliphatic heterocycles. The second kappa shape index (κ2) is 4.75. The summed E-state index contributed by atoms with van der Waals surface area (Å²) in [6.07, 6.45) is -1.78. The zero-order chi connectivity index (χ0) is 14.3. The lowest BCUT2D eigenvalue weighted by molar-refractivity contribution is -0.184.